The molecule has 0 N–H and O–H groups in total. The van der Waals surface area contributed by atoms with Crippen molar-refractivity contribution in [2.45, 2.75) is 12.8 Å². The number of rotatable bonds is 2. The minimum atomic E-state index is -0.245. The molecular weight excluding hydrogens is 182 g/mol. The van der Waals surface area contributed by atoms with Crippen LogP contribution in [0, 0.1) is 16.7 Å². The fourth-order valence-electron chi connectivity index (χ4n) is 1.62. The first kappa shape index (κ1) is 8.74. The van der Waals surface area contributed by atoms with Crippen LogP contribution in [0.3, 0.4) is 0 Å². The van der Waals surface area contributed by atoms with E-state index >= 15 is 0 Å². The molecule has 0 amide bonds. The second kappa shape index (κ2) is 3.49. The summed E-state index contributed by atoms with van der Waals surface area (Å²) in [5.41, 5.74) is -0.245. The van der Waals surface area contributed by atoms with E-state index in [1.807, 2.05) is 6.07 Å². The van der Waals surface area contributed by atoms with Gasteiger partial charge < -0.3 is 4.74 Å². The molecule has 1 aliphatic rings. The van der Waals surface area contributed by atoms with Gasteiger partial charge in [0.25, 0.3) is 0 Å². The molecule has 0 radical (unpaired) electrons. The fraction of sp³-hybridized carbons (Fsp3) is 0.500. The first-order valence-corrected chi connectivity index (χ1v) is 5.24. The van der Waals surface area contributed by atoms with Crippen molar-refractivity contribution < 1.29 is 4.74 Å². The Bertz CT molecular complexity index is 306. The average molecular weight is 193 g/mol. The predicted molar refractivity (Wildman–Crippen MR) is 51.5 cm³/mol. The lowest BCUT2D eigenvalue weighted by Crippen LogP contribution is -2.20. The van der Waals surface area contributed by atoms with Crippen LogP contribution < -0.4 is 0 Å². The molecule has 0 saturated carbocycles. The molecule has 1 aliphatic heterocycles. The molecule has 13 heavy (non-hydrogen) atoms. The van der Waals surface area contributed by atoms with Gasteiger partial charge in [-0.15, -0.1) is 11.3 Å². The quantitative estimate of drug-likeness (QED) is 0.721. The van der Waals surface area contributed by atoms with Crippen LogP contribution in [-0.2, 0) is 11.2 Å². The van der Waals surface area contributed by atoms with Gasteiger partial charge in [-0.2, -0.15) is 5.26 Å². The molecule has 0 aliphatic carbocycles. The number of ether oxygens (including phenoxy) is 1. The van der Waals surface area contributed by atoms with Crippen molar-refractivity contribution in [1.82, 2.24) is 0 Å². The normalized spacial score (nSPS) is 27.3. The van der Waals surface area contributed by atoms with Gasteiger partial charge >= 0.3 is 0 Å². The van der Waals surface area contributed by atoms with E-state index in [1.165, 1.54) is 4.88 Å². The molecule has 0 aromatic carbocycles. The van der Waals surface area contributed by atoms with Gasteiger partial charge in [0, 0.05) is 17.9 Å². The Labute approximate surface area is 81.8 Å². The molecular formula is C10H11NOS. The third-order valence-corrected chi connectivity index (χ3v) is 3.31. The fourth-order valence-corrected chi connectivity index (χ4v) is 2.47. The monoisotopic (exact) mass is 193 g/mol. The number of nitrogens with zero attached hydrogens (tertiary/aromatic N) is 1. The minimum absolute atomic E-state index is 0.245. The molecule has 1 saturated heterocycles. The summed E-state index contributed by atoms with van der Waals surface area (Å²) in [4.78, 5) is 1.28. The second-order valence-electron chi connectivity index (χ2n) is 3.45. The smallest absolute Gasteiger partial charge is 0.0876 e. The maximum Gasteiger partial charge on any atom is 0.0876 e. The molecule has 0 bridgehead atoms. The zero-order valence-corrected chi connectivity index (χ0v) is 8.14. The Balaban J connectivity index is 2.11. The molecule has 68 valence electrons. The van der Waals surface area contributed by atoms with Crippen LogP contribution in [0.5, 0.6) is 0 Å². The predicted octanol–water partition coefficient (Wildman–Crippen LogP) is 2.22. The number of hydrogen-bond acceptors (Lipinski definition) is 3. The molecule has 0 spiro atoms. The van der Waals surface area contributed by atoms with Gasteiger partial charge in [0.2, 0.25) is 0 Å². The zero-order valence-electron chi connectivity index (χ0n) is 7.32. The van der Waals surface area contributed by atoms with E-state index in [0.717, 1.165) is 19.4 Å². The molecule has 3 heteroatoms. The maximum atomic E-state index is 9.09. The van der Waals surface area contributed by atoms with Crippen LogP contribution >= 0.6 is 11.3 Å². The van der Waals surface area contributed by atoms with Crippen molar-refractivity contribution in [2.24, 2.45) is 5.41 Å². The second-order valence-corrected chi connectivity index (χ2v) is 4.48. The number of thiophene rings is 1. The number of nitriles is 1. The standard InChI is InChI=1S/C10H11NOS/c11-7-10(3-4-12-8-10)6-9-2-1-5-13-9/h1-2,5H,3-4,6,8H2. The molecule has 1 aromatic rings. The SMILES string of the molecule is N#CC1(Cc2cccs2)CCOC1. The zero-order chi connectivity index (χ0) is 9.15. The first-order chi connectivity index (χ1) is 6.35. The molecule has 1 unspecified atom stereocenters. The van der Waals surface area contributed by atoms with Crippen molar-refractivity contribution in [2.75, 3.05) is 13.2 Å². The van der Waals surface area contributed by atoms with E-state index in [9.17, 15) is 0 Å². The van der Waals surface area contributed by atoms with E-state index in [0.29, 0.717) is 6.61 Å². The van der Waals surface area contributed by atoms with Gasteiger partial charge in [-0.25, -0.2) is 0 Å². The molecule has 2 rings (SSSR count). The number of hydrogen-bond donors (Lipinski definition) is 0. The van der Waals surface area contributed by atoms with Crippen LogP contribution in [0.4, 0.5) is 0 Å². The van der Waals surface area contributed by atoms with Crippen LogP contribution in [0.15, 0.2) is 17.5 Å². The van der Waals surface area contributed by atoms with E-state index in [2.05, 4.69) is 17.5 Å². The summed E-state index contributed by atoms with van der Waals surface area (Å²) >= 11 is 1.72. The van der Waals surface area contributed by atoms with Crippen LogP contribution in [0.25, 0.3) is 0 Å². The van der Waals surface area contributed by atoms with Gasteiger partial charge in [0.1, 0.15) is 0 Å². The van der Waals surface area contributed by atoms with E-state index < -0.39 is 0 Å². The van der Waals surface area contributed by atoms with Crippen molar-refractivity contribution in [3.63, 3.8) is 0 Å². The third kappa shape index (κ3) is 1.74. The summed E-state index contributed by atoms with van der Waals surface area (Å²) in [6.45, 7) is 1.33. The Morgan fingerprint density at radius 3 is 3.15 bits per heavy atom. The van der Waals surface area contributed by atoms with Gasteiger partial charge in [0.15, 0.2) is 0 Å². The largest absolute Gasteiger partial charge is 0.380 e. The average Bonchev–Trinajstić information content (AvgIpc) is 2.77. The summed E-state index contributed by atoms with van der Waals surface area (Å²) < 4.78 is 5.28. The lowest BCUT2D eigenvalue weighted by atomic mass is 9.85. The maximum absolute atomic E-state index is 9.09. The Kier molecular flexibility index (Phi) is 2.34. The third-order valence-electron chi connectivity index (χ3n) is 2.43. The van der Waals surface area contributed by atoms with E-state index in [4.69, 9.17) is 10.00 Å². The summed E-state index contributed by atoms with van der Waals surface area (Å²) in [7, 11) is 0. The Morgan fingerprint density at radius 1 is 1.69 bits per heavy atom. The minimum Gasteiger partial charge on any atom is -0.380 e. The van der Waals surface area contributed by atoms with Crippen molar-refractivity contribution in [1.29, 1.82) is 5.26 Å². The molecule has 1 atom stereocenters. The summed E-state index contributed by atoms with van der Waals surface area (Å²) in [5.74, 6) is 0. The molecule has 2 heterocycles. The lowest BCUT2D eigenvalue weighted by molar-refractivity contribution is 0.172. The van der Waals surface area contributed by atoms with E-state index in [1.54, 1.807) is 11.3 Å². The van der Waals surface area contributed by atoms with Gasteiger partial charge in [-0.3, -0.25) is 0 Å². The summed E-state index contributed by atoms with van der Waals surface area (Å²) in [6, 6.07) is 6.51. The Morgan fingerprint density at radius 2 is 2.62 bits per heavy atom. The topological polar surface area (TPSA) is 33.0 Å². The van der Waals surface area contributed by atoms with E-state index in [-0.39, 0.29) is 5.41 Å². The summed E-state index contributed by atoms with van der Waals surface area (Å²) in [6.07, 6.45) is 1.72. The van der Waals surface area contributed by atoms with Crippen molar-refractivity contribution in [3.05, 3.63) is 22.4 Å². The highest BCUT2D eigenvalue weighted by Gasteiger charge is 2.35. The van der Waals surface area contributed by atoms with Crippen LogP contribution in [0.2, 0.25) is 0 Å². The van der Waals surface area contributed by atoms with Crippen molar-refractivity contribution in [3.8, 4) is 6.07 Å². The Hall–Kier alpha value is -0.850. The van der Waals surface area contributed by atoms with Gasteiger partial charge in [-0.05, 0) is 17.9 Å². The van der Waals surface area contributed by atoms with Crippen molar-refractivity contribution >= 4 is 11.3 Å². The first-order valence-electron chi connectivity index (χ1n) is 4.36. The lowest BCUT2D eigenvalue weighted by Gasteiger charge is -2.16. The van der Waals surface area contributed by atoms with Gasteiger partial charge in [-0.1, -0.05) is 6.07 Å². The molecule has 2 nitrogen and oxygen atoms in total. The highest BCUT2D eigenvalue weighted by molar-refractivity contribution is 7.09. The van der Waals surface area contributed by atoms with Crippen LogP contribution in [-0.4, -0.2) is 13.2 Å². The van der Waals surface area contributed by atoms with Crippen LogP contribution in [0.1, 0.15) is 11.3 Å². The van der Waals surface area contributed by atoms with Gasteiger partial charge in [0.05, 0.1) is 18.1 Å². The summed E-state index contributed by atoms with van der Waals surface area (Å²) in [5, 5.41) is 11.1. The highest BCUT2D eigenvalue weighted by atomic mass is 32.1. The molecule has 1 aromatic heterocycles. The molecule has 1 fully saturated rings. The highest BCUT2D eigenvalue weighted by Crippen LogP contribution is 2.32.